The van der Waals surface area contributed by atoms with Crippen LogP contribution in [0, 0.1) is 0 Å². The number of nitrogen functional groups attached to an aromatic ring is 1. The molecule has 80 valence electrons. The quantitative estimate of drug-likeness (QED) is 0.573. The Morgan fingerprint density at radius 3 is 3.06 bits per heavy atom. The second kappa shape index (κ2) is 3.81. The first-order chi connectivity index (χ1) is 7.86. The van der Waals surface area contributed by atoms with Gasteiger partial charge in [-0.1, -0.05) is 30.4 Å². The van der Waals surface area contributed by atoms with Gasteiger partial charge in [0.15, 0.2) is 0 Å². The number of nitrogens with one attached hydrogen (secondary N) is 1. The van der Waals surface area contributed by atoms with Gasteiger partial charge in [-0.25, -0.2) is 9.12 Å². The Kier molecular flexibility index (Phi) is 2.31. The molecule has 2 aliphatic rings. The second-order valence-electron chi connectivity index (χ2n) is 3.73. The van der Waals surface area contributed by atoms with Crippen molar-refractivity contribution in [1.82, 2.24) is 4.72 Å². The average molecular weight is 229 g/mol. The van der Waals surface area contributed by atoms with Crippen molar-refractivity contribution >= 4 is 29.1 Å². The maximum Gasteiger partial charge on any atom is 0.0874 e. The van der Waals surface area contributed by atoms with E-state index in [0.717, 1.165) is 17.0 Å². The van der Waals surface area contributed by atoms with E-state index >= 15 is 0 Å². The normalized spacial score (nSPS) is 22.6. The van der Waals surface area contributed by atoms with Crippen LogP contribution in [-0.2, 0) is 0 Å². The Morgan fingerprint density at radius 2 is 2.19 bits per heavy atom. The smallest absolute Gasteiger partial charge is 0.0874 e. The van der Waals surface area contributed by atoms with Crippen LogP contribution in [0.5, 0.6) is 0 Å². The maximum atomic E-state index is 5.99. The summed E-state index contributed by atoms with van der Waals surface area (Å²) >= 11 is 1.39. The highest BCUT2D eigenvalue weighted by molar-refractivity contribution is 7.96. The number of nitrogens with two attached hydrogens (primary N) is 1. The van der Waals surface area contributed by atoms with E-state index < -0.39 is 0 Å². The molecule has 0 radical (unpaired) electrons. The molecule has 0 saturated heterocycles. The molecule has 3 rings (SSSR count). The number of nitrogens with zero attached hydrogens (tertiary/aromatic N) is 1. The molecule has 1 heterocycles. The first kappa shape index (κ1) is 9.69. The lowest BCUT2D eigenvalue weighted by Crippen LogP contribution is -2.29. The van der Waals surface area contributed by atoms with E-state index in [2.05, 4.69) is 15.2 Å². The molecule has 0 saturated carbocycles. The largest absolute Gasteiger partial charge is 0.398 e. The molecule has 1 aliphatic heterocycles. The number of hydrogen-bond acceptors (Lipinski definition) is 4. The minimum atomic E-state index is 0.166. The van der Waals surface area contributed by atoms with Gasteiger partial charge >= 0.3 is 0 Å². The van der Waals surface area contributed by atoms with Gasteiger partial charge in [0.25, 0.3) is 0 Å². The molecule has 1 aliphatic carbocycles. The Hall–Kier alpha value is -1.52. The summed E-state index contributed by atoms with van der Waals surface area (Å²) in [5, 5.41) is 0. The molecule has 0 spiro atoms. The molecule has 1 unspecified atom stereocenters. The third-order valence-electron chi connectivity index (χ3n) is 2.74. The third-order valence-corrected chi connectivity index (χ3v) is 3.39. The molecule has 0 bridgehead atoms. The SMILES string of the molecule is Nc1ccccc1C1=CC=CC2=NSNC12. The lowest BCUT2D eigenvalue weighted by atomic mass is 9.91. The van der Waals surface area contributed by atoms with Crippen LogP contribution in [-0.4, -0.2) is 11.8 Å². The van der Waals surface area contributed by atoms with Crippen molar-refractivity contribution in [3.8, 4) is 0 Å². The minimum Gasteiger partial charge on any atom is -0.398 e. The van der Waals surface area contributed by atoms with E-state index in [-0.39, 0.29) is 6.04 Å². The van der Waals surface area contributed by atoms with Gasteiger partial charge in [-0.2, -0.15) is 0 Å². The van der Waals surface area contributed by atoms with Crippen molar-refractivity contribution in [2.75, 3.05) is 5.73 Å². The fourth-order valence-electron chi connectivity index (χ4n) is 1.95. The van der Waals surface area contributed by atoms with Crippen LogP contribution in [0.15, 0.2) is 46.9 Å². The highest BCUT2D eigenvalue weighted by Crippen LogP contribution is 2.31. The van der Waals surface area contributed by atoms with E-state index in [0.29, 0.717) is 0 Å². The highest BCUT2D eigenvalue weighted by Gasteiger charge is 2.27. The Labute approximate surface area is 98.4 Å². The molecule has 4 heteroatoms. The first-order valence-corrected chi connectivity index (χ1v) is 5.86. The van der Waals surface area contributed by atoms with Crippen molar-refractivity contribution in [3.05, 3.63) is 48.1 Å². The number of allylic oxidation sites excluding steroid dienone is 2. The van der Waals surface area contributed by atoms with Crippen molar-refractivity contribution in [2.45, 2.75) is 6.04 Å². The van der Waals surface area contributed by atoms with Crippen molar-refractivity contribution < 1.29 is 0 Å². The van der Waals surface area contributed by atoms with Crippen molar-refractivity contribution in [3.63, 3.8) is 0 Å². The van der Waals surface area contributed by atoms with E-state index in [1.807, 2.05) is 36.4 Å². The van der Waals surface area contributed by atoms with Crippen LogP contribution >= 0.6 is 12.1 Å². The van der Waals surface area contributed by atoms with Crippen LogP contribution in [0.25, 0.3) is 5.57 Å². The van der Waals surface area contributed by atoms with Crippen LogP contribution in [0.3, 0.4) is 0 Å². The summed E-state index contributed by atoms with van der Waals surface area (Å²) in [5.74, 6) is 0. The zero-order chi connectivity index (χ0) is 11.0. The number of rotatable bonds is 1. The molecular formula is C12H11N3S. The summed E-state index contributed by atoms with van der Waals surface area (Å²) in [7, 11) is 0. The van der Waals surface area contributed by atoms with Gasteiger partial charge in [-0.3, -0.25) is 0 Å². The summed E-state index contributed by atoms with van der Waals surface area (Å²) in [6.07, 6.45) is 6.14. The monoisotopic (exact) mass is 229 g/mol. The standard InChI is InChI=1S/C12H11N3S/c13-10-6-2-1-4-8(10)9-5-3-7-11-12(9)15-16-14-11/h1-7,12,15H,13H2. The van der Waals surface area contributed by atoms with Gasteiger partial charge in [0.05, 0.1) is 23.9 Å². The van der Waals surface area contributed by atoms with E-state index in [4.69, 9.17) is 5.73 Å². The fourth-order valence-corrected chi connectivity index (χ4v) is 2.62. The summed E-state index contributed by atoms with van der Waals surface area (Å²) in [6.45, 7) is 0. The summed E-state index contributed by atoms with van der Waals surface area (Å²) < 4.78 is 7.59. The fraction of sp³-hybridized carbons (Fsp3) is 0.0833. The Balaban J connectivity index is 2.08. The molecule has 16 heavy (non-hydrogen) atoms. The predicted molar refractivity (Wildman–Crippen MR) is 69.9 cm³/mol. The van der Waals surface area contributed by atoms with Gasteiger partial charge < -0.3 is 5.73 Å². The zero-order valence-corrected chi connectivity index (χ0v) is 9.37. The molecular weight excluding hydrogens is 218 g/mol. The number of para-hydroxylation sites is 1. The zero-order valence-electron chi connectivity index (χ0n) is 8.55. The van der Waals surface area contributed by atoms with Gasteiger partial charge in [-0.15, -0.1) is 0 Å². The van der Waals surface area contributed by atoms with E-state index in [1.54, 1.807) is 0 Å². The van der Waals surface area contributed by atoms with Crippen LogP contribution in [0.4, 0.5) is 5.69 Å². The van der Waals surface area contributed by atoms with Gasteiger partial charge in [0, 0.05) is 11.3 Å². The Bertz CT molecular complexity index is 517. The number of benzene rings is 1. The summed E-state index contributed by atoms with van der Waals surface area (Å²) in [5.41, 5.74) is 10.1. The van der Waals surface area contributed by atoms with Crippen molar-refractivity contribution in [2.24, 2.45) is 4.40 Å². The Morgan fingerprint density at radius 1 is 1.31 bits per heavy atom. The van der Waals surface area contributed by atoms with Gasteiger partial charge in [0.2, 0.25) is 0 Å². The van der Waals surface area contributed by atoms with Crippen LogP contribution in [0.2, 0.25) is 0 Å². The number of fused-ring (bicyclic) bond motifs is 1. The van der Waals surface area contributed by atoms with Crippen molar-refractivity contribution in [1.29, 1.82) is 0 Å². The first-order valence-electron chi connectivity index (χ1n) is 5.09. The summed E-state index contributed by atoms with van der Waals surface area (Å²) in [6, 6.07) is 8.09. The topological polar surface area (TPSA) is 50.4 Å². The van der Waals surface area contributed by atoms with Crippen LogP contribution in [0.1, 0.15) is 5.56 Å². The van der Waals surface area contributed by atoms with Gasteiger partial charge in [0.1, 0.15) is 0 Å². The maximum absolute atomic E-state index is 5.99. The van der Waals surface area contributed by atoms with E-state index in [9.17, 15) is 0 Å². The molecule has 1 atom stereocenters. The molecule has 0 fully saturated rings. The molecule has 1 aromatic rings. The molecule has 0 aromatic heterocycles. The van der Waals surface area contributed by atoms with Gasteiger partial charge in [-0.05, 0) is 17.7 Å². The molecule has 1 aromatic carbocycles. The van der Waals surface area contributed by atoms with E-state index in [1.165, 1.54) is 17.7 Å². The average Bonchev–Trinajstić information content (AvgIpc) is 2.77. The lowest BCUT2D eigenvalue weighted by molar-refractivity contribution is 1.03. The molecule has 3 N–H and O–H groups in total. The second-order valence-corrected chi connectivity index (χ2v) is 4.33. The third kappa shape index (κ3) is 1.47. The number of hydrogen-bond donors (Lipinski definition) is 2. The predicted octanol–water partition coefficient (Wildman–Crippen LogP) is 2.20. The summed E-state index contributed by atoms with van der Waals surface area (Å²) in [4.78, 5) is 0. The highest BCUT2D eigenvalue weighted by atomic mass is 32.2. The number of anilines is 1. The minimum absolute atomic E-state index is 0.166. The molecule has 0 amide bonds. The lowest BCUT2D eigenvalue weighted by Gasteiger charge is -2.19. The molecule has 3 nitrogen and oxygen atoms in total. The van der Waals surface area contributed by atoms with Crippen LogP contribution < -0.4 is 10.5 Å².